The molecule has 0 radical (unpaired) electrons. The van der Waals surface area contributed by atoms with E-state index in [1.165, 1.54) is 0 Å². The molecule has 0 saturated carbocycles. The Morgan fingerprint density at radius 1 is 1.29 bits per heavy atom. The van der Waals surface area contributed by atoms with Crippen LogP contribution in [0, 0.1) is 6.92 Å². The molecule has 0 N–H and O–H groups in total. The fraction of sp³-hybridized carbons (Fsp3) is 0.417. The molecule has 0 unspecified atom stereocenters. The van der Waals surface area contributed by atoms with Gasteiger partial charge in [0.05, 0.1) is 0 Å². The third-order valence-corrected chi connectivity index (χ3v) is 1.96. The fourth-order valence-corrected chi connectivity index (χ4v) is 1.13. The second-order valence-electron chi connectivity index (χ2n) is 3.34. The third kappa shape index (κ3) is 3.30. The number of hydrogen-bond acceptors (Lipinski definition) is 2. The van der Waals surface area contributed by atoms with E-state index in [-0.39, 0.29) is 12.4 Å². The molecule has 0 spiro atoms. The molecule has 2 nitrogen and oxygen atoms in total. The Balaban J connectivity index is 2.48. The SMILES string of the molecule is CCCOCC(=O)c1ccc(C)cc1. The van der Waals surface area contributed by atoms with Gasteiger partial charge in [0.2, 0.25) is 0 Å². The van der Waals surface area contributed by atoms with Crippen LogP contribution in [0.5, 0.6) is 0 Å². The average Bonchev–Trinajstić information content (AvgIpc) is 2.19. The van der Waals surface area contributed by atoms with E-state index >= 15 is 0 Å². The maximum atomic E-state index is 11.5. The molecule has 0 fully saturated rings. The van der Waals surface area contributed by atoms with Gasteiger partial charge in [-0.25, -0.2) is 0 Å². The number of ketones is 1. The Morgan fingerprint density at radius 3 is 2.50 bits per heavy atom. The second-order valence-corrected chi connectivity index (χ2v) is 3.34. The van der Waals surface area contributed by atoms with Gasteiger partial charge in [-0.1, -0.05) is 36.8 Å². The summed E-state index contributed by atoms with van der Waals surface area (Å²) >= 11 is 0. The molecule has 0 amide bonds. The first-order valence-corrected chi connectivity index (χ1v) is 4.91. The lowest BCUT2D eigenvalue weighted by Crippen LogP contribution is -2.09. The molecule has 0 heterocycles. The molecule has 1 aromatic rings. The number of carbonyl (C=O) groups excluding carboxylic acids is 1. The van der Waals surface area contributed by atoms with E-state index in [4.69, 9.17) is 4.74 Å². The zero-order valence-electron chi connectivity index (χ0n) is 8.75. The molecule has 0 aliphatic carbocycles. The molecule has 0 aliphatic heterocycles. The van der Waals surface area contributed by atoms with Crippen LogP contribution in [0.25, 0.3) is 0 Å². The van der Waals surface area contributed by atoms with Gasteiger partial charge >= 0.3 is 0 Å². The lowest BCUT2D eigenvalue weighted by atomic mass is 10.1. The number of benzene rings is 1. The molecule has 2 heteroatoms. The van der Waals surface area contributed by atoms with Gasteiger partial charge in [-0.3, -0.25) is 4.79 Å². The van der Waals surface area contributed by atoms with Crippen molar-refractivity contribution in [2.75, 3.05) is 13.2 Å². The highest BCUT2D eigenvalue weighted by Gasteiger charge is 2.04. The van der Waals surface area contributed by atoms with Crippen molar-refractivity contribution in [2.24, 2.45) is 0 Å². The van der Waals surface area contributed by atoms with Crippen LogP contribution in [0.1, 0.15) is 29.3 Å². The minimum atomic E-state index is 0.0541. The highest BCUT2D eigenvalue weighted by Crippen LogP contribution is 2.04. The van der Waals surface area contributed by atoms with Crippen LogP contribution < -0.4 is 0 Å². The van der Waals surface area contributed by atoms with Crippen LogP contribution in [0.4, 0.5) is 0 Å². The summed E-state index contributed by atoms with van der Waals surface area (Å²) < 4.78 is 5.18. The smallest absolute Gasteiger partial charge is 0.188 e. The quantitative estimate of drug-likeness (QED) is 0.529. The molecule has 0 aromatic heterocycles. The van der Waals surface area contributed by atoms with Gasteiger partial charge in [0.25, 0.3) is 0 Å². The molecule has 14 heavy (non-hydrogen) atoms. The van der Waals surface area contributed by atoms with Crippen molar-refractivity contribution in [3.63, 3.8) is 0 Å². The van der Waals surface area contributed by atoms with Crippen LogP contribution in [-0.4, -0.2) is 19.0 Å². The largest absolute Gasteiger partial charge is 0.373 e. The zero-order chi connectivity index (χ0) is 10.4. The van der Waals surface area contributed by atoms with Gasteiger partial charge in [0.15, 0.2) is 5.78 Å². The van der Waals surface area contributed by atoms with Crippen molar-refractivity contribution < 1.29 is 9.53 Å². The Labute approximate surface area is 84.9 Å². The fourth-order valence-electron chi connectivity index (χ4n) is 1.13. The van der Waals surface area contributed by atoms with Crippen molar-refractivity contribution >= 4 is 5.78 Å². The predicted octanol–water partition coefficient (Wildman–Crippen LogP) is 2.60. The maximum Gasteiger partial charge on any atom is 0.188 e. The first kappa shape index (κ1) is 10.9. The van der Waals surface area contributed by atoms with Gasteiger partial charge in [0, 0.05) is 12.2 Å². The highest BCUT2D eigenvalue weighted by atomic mass is 16.5. The Hall–Kier alpha value is -1.15. The summed E-state index contributed by atoms with van der Waals surface area (Å²) in [6.07, 6.45) is 0.946. The van der Waals surface area contributed by atoms with Crippen LogP contribution in [0.2, 0.25) is 0 Å². The minimum absolute atomic E-state index is 0.0541. The van der Waals surface area contributed by atoms with E-state index in [1.807, 2.05) is 38.1 Å². The van der Waals surface area contributed by atoms with Gasteiger partial charge in [-0.05, 0) is 13.3 Å². The Kier molecular flexibility index (Phi) is 4.33. The molecule has 0 saturated heterocycles. The molecule has 1 aromatic carbocycles. The summed E-state index contributed by atoms with van der Waals surface area (Å²) in [6.45, 7) is 4.87. The summed E-state index contributed by atoms with van der Waals surface area (Å²) in [5, 5.41) is 0. The van der Waals surface area contributed by atoms with E-state index in [2.05, 4.69) is 0 Å². The Bertz CT molecular complexity index is 288. The Morgan fingerprint density at radius 2 is 1.93 bits per heavy atom. The highest BCUT2D eigenvalue weighted by molar-refractivity contribution is 5.97. The monoisotopic (exact) mass is 192 g/mol. The average molecular weight is 192 g/mol. The zero-order valence-corrected chi connectivity index (χ0v) is 8.75. The third-order valence-electron chi connectivity index (χ3n) is 1.96. The molecule has 0 atom stereocenters. The van der Waals surface area contributed by atoms with Gasteiger partial charge in [0.1, 0.15) is 6.61 Å². The molecular weight excluding hydrogens is 176 g/mol. The van der Waals surface area contributed by atoms with Gasteiger partial charge in [-0.2, -0.15) is 0 Å². The molecule has 76 valence electrons. The molecule has 1 rings (SSSR count). The normalized spacial score (nSPS) is 10.1. The summed E-state index contributed by atoms with van der Waals surface area (Å²) in [7, 11) is 0. The minimum Gasteiger partial charge on any atom is -0.373 e. The number of rotatable bonds is 5. The lowest BCUT2D eigenvalue weighted by Gasteiger charge is -2.02. The van der Waals surface area contributed by atoms with Crippen molar-refractivity contribution in [2.45, 2.75) is 20.3 Å². The van der Waals surface area contributed by atoms with E-state index in [1.54, 1.807) is 0 Å². The van der Waals surface area contributed by atoms with Crippen LogP contribution in [0.3, 0.4) is 0 Å². The summed E-state index contributed by atoms with van der Waals surface area (Å²) in [4.78, 5) is 11.5. The topological polar surface area (TPSA) is 26.3 Å². The number of ether oxygens (including phenoxy) is 1. The van der Waals surface area contributed by atoms with Crippen LogP contribution in [-0.2, 0) is 4.74 Å². The summed E-state index contributed by atoms with van der Waals surface area (Å²) in [5.74, 6) is 0.0541. The maximum absolute atomic E-state index is 11.5. The molecule has 0 bridgehead atoms. The first-order chi connectivity index (χ1) is 6.74. The number of carbonyl (C=O) groups is 1. The van der Waals surface area contributed by atoms with Crippen LogP contribution >= 0.6 is 0 Å². The number of Topliss-reactive ketones (excluding diaryl/α,β-unsaturated/α-hetero) is 1. The van der Waals surface area contributed by atoms with E-state index in [0.29, 0.717) is 6.61 Å². The first-order valence-electron chi connectivity index (χ1n) is 4.91. The number of hydrogen-bond donors (Lipinski definition) is 0. The van der Waals surface area contributed by atoms with Crippen molar-refractivity contribution in [3.05, 3.63) is 35.4 Å². The van der Waals surface area contributed by atoms with Crippen molar-refractivity contribution in [1.82, 2.24) is 0 Å². The van der Waals surface area contributed by atoms with Gasteiger partial charge < -0.3 is 4.74 Å². The summed E-state index contributed by atoms with van der Waals surface area (Å²) in [5.41, 5.74) is 1.89. The van der Waals surface area contributed by atoms with E-state index < -0.39 is 0 Å². The van der Waals surface area contributed by atoms with E-state index in [0.717, 1.165) is 17.5 Å². The molecular formula is C12H16O2. The second kappa shape index (κ2) is 5.55. The number of aryl methyl sites for hydroxylation is 1. The van der Waals surface area contributed by atoms with Crippen molar-refractivity contribution in [3.8, 4) is 0 Å². The predicted molar refractivity (Wildman–Crippen MR) is 56.6 cm³/mol. The van der Waals surface area contributed by atoms with Gasteiger partial charge in [-0.15, -0.1) is 0 Å². The van der Waals surface area contributed by atoms with Crippen LogP contribution in [0.15, 0.2) is 24.3 Å². The van der Waals surface area contributed by atoms with E-state index in [9.17, 15) is 4.79 Å². The lowest BCUT2D eigenvalue weighted by molar-refractivity contribution is 0.0761. The standard InChI is InChI=1S/C12H16O2/c1-3-8-14-9-12(13)11-6-4-10(2)5-7-11/h4-7H,3,8-9H2,1-2H3. The summed E-state index contributed by atoms with van der Waals surface area (Å²) in [6, 6.07) is 7.56. The van der Waals surface area contributed by atoms with Crippen molar-refractivity contribution in [1.29, 1.82) is 0 Å². The molecule has 0 aliphatic rings.